The summed E-state index contributed by atoms with van der Waals surface area (Å²) in [7, 11) is 1.94. The highest BCUT2D eigenvalue weighted by Gasteiger charge is 2.38. The highest BCUT2D eigenvalue weighted by molar-refractivity contribution is 5.78. The second kappa shape index (κ2) is 6.02. The van der Waals surface area contributed by atoms with Crippen molar-refractivity contribution in [1.29, 1.82) is 0 Å². The highest BCUT2D eigenvalue weighted by atomic mass is 16.3. The van der Waals surface area contributed by atoms with Crippen LogP contribution in [-0.2, 0) is 4.79 Å². The summed E-state index contributed by atoms with van der Waals surface area (Å²) in [5.41, 5.74) is 0. The predicted octanol–water partition coefficient (Wildman–Crippen LogP) is 1.62. The van der Waals surface area contributed by atoms with Crippen molar-refractivity contribution >= 4 is 5.91 Å². The van der Waals surface area contributed by atoms with Gasteiger partial charge in [0.1, 0.15) is 0 Å². The maximum Gasteiger partial charge on any atom is 0.236 e. The smallest absolute Gasteiger partial charge is 0.236 e. The topological polar surface area (TPSA) is 43.8 Å². The van der Waals surface area contributed by atoms with Crippen LogP contribution in [0.15, 0.2) is 0 Å². The summed E-state index contributed by atoms with van der Waals surface area (Å²) < 4.78 is 0. The number of rotatable bonds is 4. The van der Waals surface area contributed by atoms with Gasteiger partial charge < -0.3 is 10.0 Å². The molecule has 3 unspecified atom stereocenters. The summed E-state index contributed by atoms with van der Waals surface area (Å²) in [6.45, 7) is 1.58. The van der Waals surface area contributed by atoms with Crippen molar-refractivity contribution < 1.29 is 9.90 Å². The van der Waals surface area contributed by atoms with Gasteiger partial charge in [-0.3, -0.25) is 9.69 Å². The van der Waals surface area contributed by atoms with Crippen molar-refractivity contribution in [2.24, 2.45) is 5.92 Å². The molecule has 3 rings (SSSR count). The van der Waals surface area contributed by atoms with Crippen molar-refractivity contribution in [1.82, 2.24) is 9.80 Å². The molecule has 0 aromatic heterocycles. The molecule has 1 N–H and O–H groups in total. The van der Waals surface area contributed by atoms with Crippen molar-refractivity contribution in [2.75, 3.05) is 20.1 Å². The third-order valence-electron chi connectivity index (χ3n) is 5.52. The first-order chi connectivity index (χ1) is 9.66. The summed E-state index contributed by atoms with van der Waals surface area (Å²) in [4.78, 5) is 16.6. The van der Waals surface area contributed by atoms with Gasteiger partial charge in [-0.1, -0.05) is 12.8 Å². The molecule has 3 fully saturated rings. The molecule has 1 aliphatic heterocycles. The summed E-state index contributed by atoms with van der Waals surface area (Å²) in [6, 6.07) is 0.936. The Labute approximate surface area is 122 Å². The number of nitrogens with zero attached hydrogens (tertiary/aromatic N) is 2. The minimum absolute atomic E-state index is 0.148. The van der Waals surface area contributed by atoms with Crippen LogP contribution >= 0.6 is 0 Å². The Morgan fingerprint density at radius 1 is 1.15 bits per heavy atom. The number of carbonyl (C=O) groups is 1. The van der Waals surface area contributed by atoms with Crippen LogP contribution < -0.4 is 0 Å². The monoisotopic (exact) mass is 280 g/mol. The molecule has 0 aromatic rings. The number of hydrogen-bond donors (Lipinski definition) is 1. The first-order valence-electron chi connectivity index (χ1n) is 8.34. The summed E-state index contributed by atoms with van der Waals surface area (Å²) in [5, 5.41) is 10.3. The first kappa shape index (κ1) is 14.3. The van der Waals surface area contributed by atoms with E-state index in [1.807, 2.05) is 11.9 Å². The molecule has 2 aliphatic carbocycles. The van der Waals surface area contributed by atoms with E-state index in [0.29, 0.717) is 24.5 Å². The largest absolute Gasteiger partial charge is 0.393 e. The van der Waals surface area contributed by atoms with E-state index < -0.39 is 0 Å². The van der Waals surface area contributed by atoms with Gasteiger partial charge in [0.25, 0.3) is 0 Å². The number of carbonyl (C=O) groups excluding carboxylic acids is 1. The van der Waals surface area contributed by atoms with E-state index in [-0.39, 0.29) is 12.0 Å². The number of hydrogen-bond acceptors (Lipinski definition) is 3. The van der Waals surface area contributed by atoms with Crippen molar-refractivity contribution in [2.45, 2.75) is 69.6 Å². The van der Waals surface area contributed by atoms with Gasteiger partial charge >= 0.3 is 0 Å². The molecule has 1 amide bonds. The second-order valence-corrected chi connectivity index (χ2v) is 6.93. The molecule has 2 saturated carbocycles. The molecule has 0 spiro atoms. The molecule has 1 saturated heterocycles. The first-order valence-corrected chi connectivity index (χ1v) is 8.34. The predicted molar refractivity (Wildman–Crippen MR) is 78.4 cm³/mol. The van der Waals surface area contributed by atoms with Gasteiger partial charge in [0.2, 0.25) is 5.91 Å². The molecule has 3 atom stereocenters. The fraction of sp³-hybridized carbons (Fsp3) is 0.938. The van der Waals surface area contributed by atoms with Crippen LogP contribution in [0.5, 0.6) is 0 Å². The molecule has 114 valence electrons. The van der Waals surface area contributed by atoms with Crippen LogP contribution in [0.2, 0.25) is 0 Å². The zero-order chi connectivity index (χ0) is 14.1. The van der Waals surface area contributed by atoms with Crippen LogP contribution in [0.25, 0.3) is 0 Å². The molecule has 0 bridgehead atoms. The Kier molecular flexibility index (Phi) is 4.32. The fourth-order valence-corrected chi connectivity index (χ4v) is 4.07. The maximum atomic E-state index is 12.3. The maximum absolute atomic E-state index is 12.3. The van der Waals surface area contributed by atoms with Gasteiger partial charge in [-0.25, -0.2) is 0 Å². The lowest BCUT2D eigenvalue weighted by molar-refractivity contribution is -0.132. The van der Waals surface area contributed by atoms with E-state index in [1.54, 1.807) is 0 Å². The molecule has 1 heterocycles. The number of aliphatic hydroxyl groups excluding tert-OH is 1. The third kappa shape index (κ3) is 3.01. The molecule has 3 aliphatic rings. The normalized spacial score (nSPS) is 35.2. The van der Waals surface area contributed by atoms with Crippen LogP contribution in [0.3, 0.4) is 0 Å². The second-order valence-electron chi connectivity index (χ2n) is 6.93. The Morgan fingerprint density at radius 3 is 2.60 bits per heavy atom. The Hall–Kier alpha value is -0.610. The standard InChI is InChI=1S/C16H28N2O2/c1-17(12-8-9-12)16(20)11-18-10-4-6-14(18)13-5-2-3-7-15(13)19/h12-15,19H,2-11H2,1H3. The number of likely N-dealkylation sites (N-methyl/N-ethyl adjacent to an activating group) is 1. The Balaban J connectivity index is 1.58. The summed E-state index contributed by atoms with van der Waals surface area (Å²) >= 11 is 0. The Bertz CT molecular complexity index is 356. The number of aliphatic hydroxyl groups is 1. The molecule has 4 nitrogen and oxygen atoms in total. The van der Waals surface area contributed by atoms with Gasteiger partial charge in [-0.15, -0.1) is 0 Å². The van der Waals surface area contributed by atoms with Gasteiger partial charge in [-0.05, 0) is 45.1 Å². The molecule has 0 radical (unpaired) electrons. The minimum atomic E-state index is -0.148. The van der Waals surface area contributed by atoms with Crippen molar-refractivity contribution in [3.63, 3.8) is 0 Å². The van der Waals surface area contributed by atoms with Crippen LogP contribution in [0, 0.1) is 5.92 Å². The van der Waals surface area contributed by atoms with Crippen molar-refractivity contribution in [3.05, 3.63) is 0 Å². The van der Waals surface area contributed by atoms with Gasteiger partial charge in [-0.2, -0.15) is 0 Å². The quantitative estimate of drug-likeness (QED) is 0.851. The molecule has 0 aromatic carbocycles. The molecule has 4 heteroatoms. The van der Waals surface area contributed by atoms with E-state index in [2.05, 4.69) is 4.90 Å². The summed E-state index contributed by atoms with van der Waals surface area (Å²) in [5.74, 6) is 0.662. The fourth-order valence-electron chi connectivity index (χ4n) is 4.07. The summed E-state index contributed by atoms with van der Waals surface area (Å²) in [6.07, 6.45) is 9.01. The van der Waals surface area contributed by atoms with Gasteiger partial charge in [0, 0.05) is 25.0 Å². The number of likely N-dealkylation sites (tertiary alicyclic amines) is 1. The molecular formula is C16H28N2O2. The van der Waals surface area contributed by atoms with Gasteiger partial charge in [0.15, 0.2) is 0 Å². The highest BCUT2D eigenvalue weighted by Crippen LogP contribution is 2.34. The van der Waals surface area contributed by atoms with Crippen LogP contribution in [0.1, 0.15) is 51.4 Å². The Morgan fingerprint density at radius 2 is 1.90 bits per heavy atom. The average Bonchev–Trinajstić information content (AvgIpc) is 3.20. The lowest BCUT2D eigenvalue weighted by Crippen LogP contribution is -2.47. The van der Waals surface area contributed by atoms with E-state index in [1.165, 1.54) is 25.7 Å². The van der Waals surface area contributed by atoms with E-state index in [4.69, 9.17) is 0 Å². The number of amides is 1. The zero-order valence-electron chi connectivity index (χ0n) is 12.6. The molecule has 20 heavy (non-hydrogen) atoms. The van der Waals surface area contributed by atoms with E-state index in [0.717, 1.165) is 32.2 Å². The zero-order valence-corrected chi connectivity index (χ0v) is 12.6. The minimum Gasteiger partial charge on any atom is -0.393 e. The lowest BCUT2D eigenvalue weighted by Gasteiger charge is -2.37. The third-order valence-corrected chi connectivity index (χ3v) is 5.52. The van der Waals surface area contributed by atoms with E-state index in [9.17, 15) is 9.90 Å². The molecular weight excluding hydrogens is 252 g/mol. The van der Waals surface area contributed by atoms with Crippen LogP contribution in [0.4, 0.5) is 0 Å². The van der Waals surface area contributed by atoms with Crippen LogP contribution in [-0.4, -0.2) is 59.1 Å². The average molecular weight is 280 g/mol. The van der Waals surface area contributed by atoms with Gasteiger partial charge in [0.05, 0.1) is 12.6 Å². The van der Waals surface area contributed by atoms with Crippen molar-refractivity contribution in [3.8, 4) is 0 Å². The van der Waals surface area contributed by atoms with E-state index >= 15 is 0 Å². The SMILES string of the molecule is CN(C(=O)CN1CCCC1C1CCCCC1O)C1CC1. The lowest BCUT2D eigenvalue weighted by atomic mass is 9.80.